The number of carbonyl (C=O) groups excluding carboxylic acids is 1. The molecule has 0 saturated carbocycles. The predicted octanol–water partition coefficient (Wildman–Crippen LogP) is 0.197. The largest absolute Gasteiger partial charge is 0.481 e. The van der Waals surface area contributed by atoms with Crippen molar-refractivity contribution in [2.24, 2.45) is 0 Å². The standard InChI is InChI=1S/C11H21N3O3/c1-9(2)14(6-3-10(15)16)11(17)13-7-4-12-5-8-13/h9,12H,3-8H2,1-2H3,(H,15,16). The molecule has 1 aliphatic rings. The summed E-state index contributed by atoms with van der Waals surface area (Å²) in [5, 5.41) is 11.9. The molecule has 0 spiro atoms. The highest BCUT2D eigenvalue weighted by atomic mass is 16.4. The van der Waals surface area contributed by atoms with Crippen LogP contribution in [-0.4, -0.2) is 65.7 Å². The van der Waals surface area contributed by atoms with E-state index in [1.807, 2.05) is 13.8 Å². The molecular weight excluding hydrogens is 222 g/mol. The average molecular weight is 243 g/mol. The lowest BCUT2D eigenvalue weighted by atomic mass is 10.3. The first kappa shape index (κ1) is 13.8. The second-order valence-corrected chi connectivity index (χ2v) is 4.45. The summed E-state index contributed by atoms with van der Waals surface area (Å²) in [5.41, 5.74) is 0. The van der Waals surface area contributed by atoms with E-state index in [1.165, 1.54) is 0 Å². The zero-order chi connectivity index (χ0) is 12.8. The lowest BCUT2D eigenvalue weighted by Gasteiger charge is -2.35. The maximum absolute atomic E-state index is 12.2. The van der Waals surface area contributed by atoms with E-state index in [0.717, 1.165) is 13.1 Å². The Labute approximate surface area is 102 Å². The van der Waals surface area contributed by atoms with E-state index in [2.05, 4.69) is 5.32 Å². The van der Waals surface area contributed by atoms with Crippen molar-refractivity contribution < 1.29 is 14.7 Å². The number of nitrogens with zero attached hydrogens (tertiary/aromatic N) is 2. The van der Waals surface area contributed by atoms with Gasteiger partial charge in [0.2, 0.25) is 0 Å². The highest BCUT2D eigenvalue weighted by molar-refractivity contribution is 5.76. The molecule has 6 nitrogen and oxygen atoms in total. The van der Waals surface area contributed by atoms with Crippen LogP contribution in [0.4, 0.5) is 4.79 Å². The van der Waals surface area contributed by atoms with Crippen LogP contribution in [0.3, 0.4) is 0 Å². The van der Waals surface area contributed by atoms with Gasteiger partial charge in [0.25, 0.3) is 0 Å². The van der Waals surface area contributed by atoms with E-state index in [-0.39, 0.29) is 25.0 Å². The number of hydrogen-bond acceptors (Lipinski definition) is 3. The van der Waals surface area contributed by atoms with Crippen molar-refractivity contribution in [3.05, 3.63) is 0 Å². The number of aliphatic carboxylic acids is 1. The maximum Gasteiger partial charge on any atom is 0.320 e. The molecule has 17 heavy (non-hydrogen) atoms. The van der Waals surface area contributed by atoms with Gasteiger partial charge in [-0.15, -0.1) is 0 Å². The monoisotopic (exact) mass is 243 g/mol. The van der Waals surface area contributed by atoms with Gasteiger partial charge >= 0.3 is 12.0 Å². The van der Waals surface area contributed by atoms with Crippen LogP contribution in [0.1, 0.15) is 20.3 Å². The number of hydrogen-bond donors (Lipinski definition) is 2. The lowest BCUT2D eigenvalue weighted by Crippen LogP contribution is -2.53. The molecule has 0 aromatic rings. The van der Waals surface area contributed by atoms with Crippen molar-refractivity contribution in [2.45, 2.75) is 26.3 Å². The van der Waals surface area contributed by atoms with Crippen molar-refractivity contribution in [3.8, 4) is 0 Å². The fourth-order valence-corrected chi connectivity index (χ4v) is 1.83. The van der Waals surface area contributed by atoms with Gasteiger partial charge in [-0.2, -0.15) is 0 Å². The number of carboxylic acid groups (broad SMARTS) is 1. The second kappa shape index (κ2) is 6.44. The van der Waals surface area contributed by atoms with Crippen molar-refractivity contribution in [3.63, 3.8) is 0 Å². The molecule has 1 heterocycles. The Morgan fingerprint density at radius 1 is 1.35 bits per heavy atom. The van der Waals surface area contributed by atoms with Crippen molar-refractivity contribution in [1.29, 1.82) is 0 Å². The van der Waals surface area contributed by atoms with Gasteiger partial charge in [-0.1, -0.05) is 0 Å². The number of carbonyl (C=O) groups is 2. The quantitative estimate of drug-likeness (QED) is 0.739. The summed E-state index contributed by atoms with van der Waals surface area (Å²) in [5.74, 6) is -0.872. The zero-order valence-corrected chi connectivity index (χ0v) is 10.5. The van der Waals surface area contributed by atoms with Gasteiger partial charge in [-0.25, -0.2) is 4.79 Å². The van der Waals surface area contributed by atoms with Crippen LogP contribution < -0.4 is 5.32 Å². The lowest BCUT2D eigenvalue weighted by molar-refractivity contribution is -0.137. The third-order valence-corrected chi connectivity index (χ3v) is 2.82. The maximum atomic E-state index is 12.2. The Bertz CT molecular complexity index is 275. The molecule has 0 radical (unpaired) electrons. The molecule has 6 heteroatoms. The Balaban J connectivity index is 2.55. The second-order valence-electron chi connectivity index (χ2n) is 4.45. The number of nitrogens with one attached hydrogen (secondary N) is 1. The van der Waals surface area contributed by atoms with E-state index < -0.39 is 5.97 Å². The smallest absolute Gasteiger partial charge is 0.320 e. The molecular formula is C11H21N3O3. The Morgan fingerprint density at radius 3 is 2.41 bits per heavy atom. The van der Waals surface area contributed by atoms with Gasteiger partial charge in [0.1, 0.15) is 0 Å². The van der Waals surface area contributed by atoms with Crippen LogP contribution in [0.15, 0.2) is 0 Å². The molecule has 1 saturated heterocycles. The van der Waals surface area contributed by atoms with Gasteiger partial charge in [0.15, 0.2) is 0 Å². The van der Waals surface area contributed by atoms with Crippen LogP contribution in [0.2, 0.25) is 0 Å². The van der Waals surface area contributed by atoms with Crippen LogP contribution >= 0.6 is 0 Å². The molecule has 1 rings (SSSR count). The van der Waals surface area contributed by atoms with Crippen LogP contribution in [0.5, 0.6) is 0 Å². The SMILES string of the molecule is CC(C)N(CCC(=O)O)C(=O)N1CCNCC1. The fraction of sp³-hybridized carbons (Fsp3) is 0.818. The minimum Gasteiger partial charge on any atom is -0.481 e. The first-order valence-corrected chi connectivity index (χ1v) is 6.00. The number of amides is 2. The molecule has 2 amide bonds. The van der Waals surface area contributed by atoms with Crippen LogP contribution in [-0.2, 0) is 4.79 Å². The minimum atomic E-state index is -0.872. The van der Waals surface area contributed by atoms with E-state index in [9.17, 15) is 9.59 Å². The van der Waals surface area contributed by atoms with E-state index in [4.69, 9.17) is 5.11 Å². The molecule has 0 aliphatic carbocycles. The molecule has 1 aliphatic heterocycles. The Morgan fingerprint density at radius 2 is 1.94 bits per heavy atom. The van der Waals surface area contributed by atoms with Gasteiger partial charge in [0, 0.05) is 38.8 Å². The molecule has 0 atom stereocenters. The predicted molar refractivity (Wildman–Crippen MR) is 63.9 cm³/mol. The van der Waals surface area contributed by atoms with Gasteiger partial charge < -0.3 is 20.2 Å². The Hall–Kier alpha value is -1.30. The number of urea groups is 1. The first-order chi connectivity index (χ1) is 8.02. The third kappa shape index (κ3) is 4.22. The molecule has 98 valence electrons. The normalized spacial score (nSPS) is 16.1. The van der Waals surface area contributed by atoms with Crippen molar-refractivity contribution in [2.75, 3.05) is 32.7 Å². The summed E-state index contributed by atoms with van der Waals surface area (Å²) >= 11 is 0. The average Bonchev–Trinajstić information content (AvgIpc) is 2.29. The molecule has 0 unspecified atom stereocenters. The van der Waals surface area contributed by atoms with Gasteiger partial charge in [-0.3, -0.25) is 4.79 Å². The summed E-state index contributed by atoms with van der Waals surface area (Å²) in [6.45, 7) is 7.07. The fourth-order valence-electron chi connectivity index (χ4n) is 1.83. The number of rotatable bonds is 4. The van der Waals surface area contributed by atoms with E-state index in [1.54, 1.807) is 9.80 Å². The molecule has 0 aromatic carbocycles. The van der Waals surface area contributed by atoms with Crippen LogP contribution in [0, 0.1) is 0 Å². The summed E-state index contributed by atoms with van der Waals surface area (Å²) in [6.07, 6.45) is -0.00396. The van der Waals surface area contributed by atoms with Crippen molar-refractivity contribution in [1.82, 2.24) is 15.1 Å². The Kier molecular flexibility index (Phi) is 5.21. The number of carboxylic acids is 1. The van der Waals surface area contributed by atoms with E-state index in [0.29, 0.717) is 13.1 Å². The number of piperazine rings is 1. The van der Waals surface area contributed by atoms with Gasteiger partial charge in [-0.05, 0) is 13.8 Å². The first-order valence-electron chi connectivity index (χ1n) is 6.00. The topological polar surface area (TPSA) is 72.9 Å². The summed E-state index contributed by atoms with van der Waals surface area (Å²) in [7, 11) is 0. The van der Waals surface area contributed by atoms with Crippen molar-refractivity contribution >= 4 is 12.0 Å². The summed E-state index contributed by atoms with van der Waals surface area (Å²) in [6, 6.07) is -0.0283. The molecule has 0 aromatic heterocycles. The minimum absolute atomic E-state index is 0.00396. The highest BCUT2D eigenvalue weighted by Gasteiger charge is 2.24. The van der Waals surface area contributed by atoms with E-state index >= 15 is 0 Å². The zero-order valence-electron chi connectivity index (χ0n) is 10.5. The van der Waals surface area contributed by atoms with Gasteiger partial charge in [0.05, 0.1) is 6.42 Å². The molecule has 2 N–H and O–H groups in total. The third-order valence-electron chi connectivity index (χ3n) is 2.82. The summed E-state index contributed by atoms with van der Waals surface area (Å²) in [4.78, 5) is 26.1. The highest BCUT2D eigenvalue weighted by Crippen LogP contribution is 2.07. The summed E-state index contributed by atoms with van der Waals surface area (Å²) < 4.78 is 0. The van der Waals surface area contributed by atoms with Crippen LogP contribution in [0.25, 0.3) is 0 Å². The molecule has 1 fully saturated rings. The molecule has 0 bridgehead atoms.